The van der Waals surface area contributed by atoms with Gasteiger partial charge < -0.3 is 20.5 Å². The average Bonchev–Trinajstić information content (AvgIpc) is 3.24. The molecule has 0 unspecified atom stereocenters. The third kappa shape index (κ3) is 4.21. The number of benzene rings is 1. The van der Waals surface area contributed by atoms with E-state index in [1.807, 2.05) is 16.9 Å². The van der Waals surface area contributed by atoms with E-state index in [9.17, 15) is 10.1 Å². The Morgan fingerprint density at radius 1 is 1.31 bits per heavy atom. The van der Waals surface area contributed by atoms with Crippen molar-refractivity contribution in [3.63, 3.8) is 0 Å². The molecule has 32 heavy (non-hydrogen) atoms. The molecule has 10 nitrogen and oxygen atoms in total. The highest BCUT2D eigenvalue weighted by molar-refractivity contribution is 6.29. The van der Waals surface area contributed by atoms with Crippen molar-refractivity contribution in [2.75, 3.05) is 25.6 Å². The number of ether oxygens (including phenoxy) is 2. The topological polar surface area (TPSA) is 141 Å². The van der Waals surface area contributed by atoms with Crippen LogP contribution in [0.1, 0.15) is 35.1 Å². The van der Waals surface area contributed by atoms with Crippen LogP contribution in [-0.2, 0) is 4.74 Å². The summed E-state index contributed by atoms with van der Waals surface area (Å²) in [5.41, 5.74) is 7.75. The molecule has 4 rings (SSSR count). The summed E-state index contributed by atoms with van der Waals surface area (Å²) in [6, 6.07) is 9.18. The second-order valence-corrected chi connectivity index (χ2v) is 7.52. The Morgan fingerprint density at radius 2 is 2.09 bits per heavy atom. The number of halogens is 1. The van der Waals surface area contributed by atoms with E-state index < -0.39 is 5.91 Å². The SMILES string of the molecule is COc1c(Nc2cc(Cl)nnc2C(N)=O)cccc1-c1cn(C2CCOCC2)nc1C#N. The summed E-state index contributed by atoms with van der Waals surface area (Å²) >= 11 is 5.95. The first-order valence-electron chi connectivity index (χ1n) is 9.86. The maximum Gasteiger partial charge on any atom is 0.271 e. The van der Waals surface area contributed by atoms with Gasteiger partial charge >= 0.3 is 0 Å². The smallest absolute Gasteiger partial charge is 0.271 e. The first kappa shape index (κ1) is 21.5. The summed E-state index contributed by atoms with van der Waals surface area (Å²) in [7, 11) is 1.52. The lowest BCUT2D eigenvalue weighted by molar-refractivity contribution is 0.0662. The van der Waals surface area contributed by atoms with E-state index >= 15 is 0 Å². The first-order valence-corrected chi connectivity index (χ1v) is 10.2. The fraction of sp³-hybridized carbons (Fsp3) is 0.286. The minimum Gasteiger partial charge on any atom is -0.494 e. The molecule has 3 N–H and O–H groups in total. The lowest BCUT2D eigenvalue weighted by Crippen LogP contribution is -2.19. The molecule has 0 saturated carbocycles. The first-order chi connectivity index (χ1) is 15.5. The number of aromatic nitrogens is 4. The van der Waals surface area contributed by atoms with Gasteiger partial charge in [0.2, 0.25) is 0 Å². The Hall–Kier alpha value is -3.68. The number of nitrogens with two attached hydrogens (primary N) is 1. The summed E-state index contributed by atoms with van der Waals surface area (Å²) in [5, 5.41) is 24.8. The number of carbonyl (C=O) groups excluding carboxylic acids is 1. The van der Waals surface area contributed by atoms with Crippen LogP contribution in [0, 0.1) is 11.3 Å². The fourth-order valence-corrected chi connectivity index (χ4v) is 3.81. The van der Waals surface area contributed by atoms with E-state index in [0.29, 0.717) is 41.5 Å². The molecule has 0 spiro atoms. The van der Waals surface area contributed by atoms with Crippen molar-refractivity contribution < 1.29 is 14.3 Å². The van der Waals surface area contributed by atoms with Gasteiger partial charge in [-0.15, -0.1) is 10.2 Å². The van der Waals surface area contributed by atoms with Crippen molar-refractivity contribution in [2.24, 2.45) is 5.73 Å². The van der Waals surface area contributed by atoms with Crippen molar-refractivity contribution >= 4 is 28.9 Å². The molecule has 164 valence electrons. The Bertz CT molecular complexity index is 1200. The molecule has 0 bridgehead atoms. The molecule has 1 aliphatic heterocycles. The van der Waals surface area contributed by atoms with E-state index in [4.69, 9.17) is 26.8 Å². The van der Waals surface area contributed by atoms with Crippen molar-refractivity contribution in [2.45, 2.75) is 18.9 Å². The third-order valence-electron chi connectivity index (χ3n) is 5.18. The van der Waals surface area contributed by atoms with Gasteiger partial charge in [-0.2, -0.15) is 10.4 Å². The molecule has 0 atom stereocenters. The number of anilines is 2. The van der Waals surface area contributed by atoms with Crippen LogP contribution >= 0.6 is 11.6 Å². The largest absolute Gasteiger partial charge is 0.494 e. The van der Waals surface area contributed by atoms with Crippen LogP contribution in [0.3, 0.4) is 0 Å². The quantitative estimate of drug-likeness (QED) is 0.580. The number of rotatable bonds is 6. The van der Waals surface area contributed by atoms with Crippen LogP contribution in [-0.4, -0.2) is 46.2 Å². The summed E-state index contributed by atoms with van der Waals surface area (Å²) in [5.74, 6) is -0.296. The van der Waals surface area contributed by atoms with Crippen molar-refractivity contribution in [3.8, 4) is 22.9 Å². The zero-order chi connectivity index (χ0) is 22.7. The van der Waals surface area contributed by atoms with Crippen LogP contribution in [0.4, 0.5) is 11.4 Å². The number of hydrogen-bond donors (Lipinski definition) is 2. The van der Waals surface area contributed by atoms with Gasteiger partial charge in [-0.3, -0.25) is 9.48 Å². The summed E-state index contributed by atoms with van der Waals surface area (Å²) in [4.78, 5) is 11.8. The second kappa shape index (κ2) is 9.21. The van der Waals surface area contributed by atoms with Crippen molar-refractivity contribution in [3.05, 3.63) is 47.0 Å². The van der Waals surface area contributed by atoms with E-state index in [1.54, 1.807) is 12.1 Å². The third-order valence-corrected chi connectivity index (χ3v) is 5.36. The number of para-hydroxylation sites is 1. The van der Waals surface area contributed by atoms with Crippen molar-refractivity contribution in [1.29, 1.82) is 5.26 Å². The molecule has 1 aromatic carbocycles. The van der Waals surface area contributed by atoms with Gasteiger partial charge in [0.1, 0.15) is 11.8 Å². The number of carbonyl (C=O) groups is 1. The predicted octanol–water partition coefficient (Wildman–Crippen LogP) is 3.07. The lowest BCUT2D eigenvalue weighted by atomic mass is 10.0. The Labute approximate surface area is 188 Å². The number of nitriles is 1. The molecule has 1 amide bonds. The number of amides is 1. The molecule has 2 aromatic heterocycles. The number of hydrogen-bond acceptors (Lipinski definition) is 8. The highest BCUT2D eigenvalue weighted by Crippen LogP contribution is 2.40. The molecular formula is C21H20ClN7O3. The van der Waals surface area contributed by atoms with Gasteiger partial charge in [-0.05, 0) is 18.9 Å². The summed E-state index contributed by atoms with van der Waals surface area (Å²) in [6.45, 7) is 1.32. The normalized spacial score (nSPS) is 14.0. The molecule has 11 heteroatoms. The zero-order valence-corrected chi connectivity index (χ0v) is 18.0. The maximum atomic E-state index is 11.8. The highest BCUT2D eigenvalue weighted by atomic mass is 35.5. The maximum absolute atomic E-state index is 11.8. The van der Waals surface area contributed by atoms with Gasteiger partial charge in [0.15, 0.2) is 16.5 Å². The van der Waals surface area contributed by atoms with E-state index in [-0.39, 0.29) is 22.6 Å². The Morgan fingerprint density at radius 3 is 2.78 bits per heavy atom. The predicted molar refractivity (Wildman–Crippen MR) is 117 cm³/mol. The Kier molecular flexibility index (Phi) is 6.20. The Balaban J connectivity index is 1.76. The molecule has 0 radical (unpaired) electrons. The molecule has 3 aromatic rings. The van der Waals surface area contributed by atoms with Crippen LogP contribution in [0.15, 0.2) is 30.5 Å². The standard InChI is InChI=1S/C21H20ClN7O3/c1-31-20-13(14-11-29(28-17(14)10-23)12-5-7-32-8-6-12)3-2-4-15(20)25-16-9-18(22)26-27-19(16)21(24)30/h2-4,9,11-12H,5-8H2,1H3,(H2,24,30)(H,25,26). The monoisotopic (exact) mass is 453 g/mol. The number of methoxy groups -OCH3 is 1. The molecule has 3 heterocycles. The molecular weight excluding hydrogens is 434 g/mol. The van der Waals surface area contributed by atoms with Gasteiger partial charge in [-0.25, -0.2) is 0 Å². The van der Waals surface area contributed by atoms with Crippen LogP contribution < -0.4 is 15.8 Å². The van der Waals surface area contributed by atoms with Gasteiger partial charge in [0.05, 0.1) is 24.5 Å². The van der Waals surface area contributed by atoms with Crippen LogP contribution in [0.5, 0.6) is 5.75 Å². The number of nitrogens with zero attached hydrogens (tertiary/aromatic N) is 5. The lowest BCUT2D eigenvalue weighted by Gasteiger charge is -2.22. The zero-order valence-electron chi connectivity index (χ0n) is 17.2. The molecule has 1 aliphatic rings. The van der Waals surface area contributed by atoms with Crippen LogP contribution in [0.2, 0.25) is 5.15 Å². The van der Waals surface area contributed by atoms with Gasteiger partial charge in [0.25, 0.3) is 5.91 Å². The van der Waals surface area contributed by atoms with E-state index in [1.165, 1.54) is 13.2 Å². The minimum atomic E-state index is -0.753. The van der Waals surface area contributed by atoms with Crippen molar-refractivity contribution in [1.82, 2.24) is 20.0 Å². The summed E-state index contributed by atoms with van der Waals surface area (Å²) < 4.78 is 12.9. The van der Waals surface area contributed by atoms with Crippen LogP contribution in [0.25, 0.3) is 11.1 Å². The number of primary amides is 1. The van der Waals surface area contributed by atoms with Gasteiger partial charge in [-0.1, -0.05) is 23.7 Å². The molecule has 1 fully saturated rings. The fourth-order valence-electron chi connectivity index (χ4n) is 3.67. The molecule has 0 aliphatic carbocycles. The molecule has 1 saturated heterocycles. The highest BCUT2D eigenvalue weighted by Gasteiger charge is 2.23. The van der Waals surface area contributed by atoms with E-state index in [2.05, 4.69) is 26.7 Å². The number of nitrogens with one attached hydrogen (secondary N) is 1. The average molecular weight is 454 g/mol. The second-order valence-electron chi connectivity index (χ2n) is 7.13. The van der Waals surface area contributed by atoms with E-state index in [0.717, 1.165) is 12.8 Å². The minimum absolute atomic E-state index is 0.0630. The summed E-state index contributed by atoms with van der Waals surface area (Å²) in [6.07, 6.45) is 3.52. The van der Waals surface area contributed by atoms with Gasteiger partial charge in [0, 0.05) is 36.6 Å².